The van der Waals surface area contributed by atoms with Crippen molar-refractivity contribution in [1.29, 1.82) is 0 Å². The van der Waals surface area contributed by atoms with E-state index in [0.717, 1.165) is 6.07 Å². The van der Waals surface area contributed by atoms with Gasteiger partial charge in [-0.2, -0.15) is 0 Å². The van der Waals surface area contributed by atoms with Crippen LogP contribution in [0.2, 0.25) is 0 Å². The standard InChI is InChI=1S/C11H9BrFNO2/c1-3-14-9-5(2)8(12)7(13)4-6(9)10(15)11(14)16/h4H,3H2,1-2H3. The number of nitrogens with zero attached hydrogens (tertiary/aromatic N) is 1. The van der Waals surface area contributed by atoms with E-state index in [0.29, 0.717) is 22.3 Å². The summed E-state index contributed by atoms with van der Waals surface area (Å²) >= 11 is 3.10. The number of likely N-dealkylation sites (N-methyl/N-ethyl adjacent to an activating group) is 1. The van der Waals surface area contributed by atoms with Crippen LogP contribution in [0, 0.1) is 12.7 Å². The largest absolute Gasteiger partial charge is 0.305 e. The third-order valence-electron chi connectivity index (χ3n) is 2.69. The average Bonchev–Trinajstić information content (AvgIpc) is 2.50. The number of ketones is 1. The van der Waals surface area contributed by atoms with Crippen LogP contribution in [-0.4, -0.2) is 18.2 Å². The van der Waals surface area contributed by atoms with Crippen molar-refractivity contribution >= 4 is 33.3 Å². The zero-order valence-electron chi connectivity index (χ0n) is 8.80. The highest BCUT2D eigenvalue weighted by molar-refractivity contribution is 9.10. The highest BCUT2D eigenvalue weighted by Gasteiger charge is 2.37. The third-order valence-corrected chi connectivity index (χ3v) is 3.66. The molecule has 1 aliphatic heterocycles. The van der Waals surface area contributed by atoms with Gasteiger partial charge in [0.2, 0.25) is 0 Å². The Bertz CT molecular complexity index is 513. The van der Waals surface area contributed by atoms with Gasteiger partial charge >= 0.3 is 0 Å². The Kier molecular flexibility index (Phi) is 2.58. The molecule has 0 fully saturated rings. The van der Waals surface area contributed by atoms with Crippen LogP contribution in [0.15, 0.2) is 10.5 Å². The molecule has 1 aromatic rings. The molecule has 0 bridgehead atoms. The summed E-state index contributed by atoms with van der Waals surface area (Å²) in [5.41, 5.74) is 1.26. The summed E-state index contributed by atoms with van der Waals surface area (Å²) < 4.78 is 13.7. The molecule has 1 aromatic carbocycles. The number of fused-ring (bicyclic) bond motifs is 1. The van der Waals surface area contributed by atoms with Gasteiger partial charge in [0.15, 0.2) is 0 Å². The molecule has 0 N–H and O–H groups in total. The summed E-state index contributed by atoms with van der Waals surface area (Å²) in [5.74, 6) is -1.74. The number of halogens is 2. The fourth-order valence-corrected chi connectivity index (χ4v) is 2.21. The molecule has 1 aliphatic rings. The topological polar surface area (TPSA) is 37.4 Å². The lowest BCUT2D eigenvalue weighted by Gasteiger charge is -2.16. The maximum Gasteiger partial charge on any atom is 0.299 e. The molecule has 0 saturated heterocycles. The monoisotopic (exact) mass is 285 g/mol. The van der Waals surface area contributed by atoms with E-state index in [1.807, 2.05) is 0 Å². The van der Waals surface area contributed by atoms with Crippen molar-refractivity contribution < 1.29 is 14.0 Å². The van der Waals surface area contributed by atoms with Crippen LogP contribution in [0.1, 0.15) is 22.8 Å². The minimum atomic E-state index is -0.633. The van der Waals surface area contributed by atoms with E-state index in [1.54, 1.807) is 13.8 Å². The molecule has 84 valence electrons. The molecule has 2 rings (SSSR count). The fraction of sp³-hybridized carbons (Fsp3) is 0.273. The van der Waals surface area contributed by atoms with E-state index >= 15 is 0 Å². The second-order valence-corrected chi connectivity index (χ2v) is 4.37. The predicted octanol–water partition coefficient (Wildman–Crippen LogP) is 2.45. The summed E-state index contributed by atoms with van der Waals surface area (Å²) in [6.45, 7) is 3.86. The minimum Gasteiger partial charge on any atom is -0.305 e. The Morgan fingerprint density at radius 3 is 2.62 bits per heavy atom. The Morgan fingerprint density at radius 1 is 1.44 bits per heavy atom. The van der Waals surface area contributed by atoms with Crippen molar-refractivity contribution in [1.82, 2.24) is 0 Å². The first kappa shape index (κ1) is 11.3. The number of amides is 1. The SMILES string of the molecule is CCN1C(=O)C(=O)c2cc(F)c(Br)c(C)c21. The number of benzene rings is 1. The highest BCUT2D eigenvalue weighted by atomic mass is 79.9. The molecular formula is C11H9BrFNO2. The van der Waals surface area contributed by atoms with E-state index in [2.05, 4.69) is 15.9 Å². The minimum absolute atomic E-state index is 0.157. The first-order valence-electron chi connectivity index (χ1n) is 4.83. The van der Waals surface area contributed by atoms with Crippen molar-refractivity contribution in [3.8, 4) is 0 Å². The highest BCUT2D eigenvalue weighted by Crippen LogP contribution is 2.37. The number of anilines is 1. The second kappa shape index (κ2) is 3.66. The van der Waals surface area contributed by atoms with Gasteiger partial charge in [-0.05, 0) is 41.4 Å². The molecule has 1 amide bonds. The van der Waals surface area contributed by atoms with Crippen LogP contribution in [0.25, 0.3) is 0 Å². The number of hydrogen-bond acceptors (Lipinski definition) is 2. The Hall–Kier alpha value is -1.23. The molecule has 3 nitrogen and oxygen atoms in total. The van der Waals surface area contributed by atoms with Crippen LogP contribution in [0.4, 0.5) is 10.1 Å². The van der Waals surface area contributed by atoms with Gasteiger partial charge in [-0.25, -0.2) is 4.39 Å². The van der Waals surface area contributed by atoms with Crippen molar-refractivity contribution in [3.05, 3.63) is 27.5 Å². The molecule has 0 saturated carbocycles. The molecule has 0 unspecified atom stereocenters. The van der Waals surface area contributed by atoms with Gasteiger partial charge in [-0.1, -0.05) is 0 Å². The Morgan fingerprint density at radius 2 is 2.06 bits per heavy atom. The molecular weight excluding hydrogens is 277 g/mol. The van der Waals surface area contributed by atoms with Gasteiger partial charge in [0.1, 0.15) is 5.82 Å². The molecule has 16 heavy (non-hydrogen) atoms. The summed E-state index contributed by atoms with van der Waals surface area (Å²) in [6.07, 6.45) is 0. The maximum absolute atomic E-state index is 13.4. The van der Waals surface area contributed by atoms with E-state index in [1.165, 1.54) is 4.90 Å². The van der Waals surface area contributed by atoms with Crippen LogP contribution >= 0.6 is 15.9 Å². The summed E-state index contributed by atoms with van der Waals surface area (Å²) in [6, 6.07) is 1.11. The van der Waals surface area contributed by atoms with Crippen molar-refractivity contribution in [2.45, 2.75) is 13.8 Å². The van der Waals surface area contributed by atoms with Crippen molar-refractivity contribution in [3.63, 3.8) is 0 Å². The summed E-state index contributed by atoms with van der Waals surface area (Å²) in [5, 5.41) is 0. The number of Topliss-reactive ketones (excluding diaryl/α,β-unsaturated/α-hetero) is 1. The van der Waals surface area contributed by atoms with E-state index in [4.69, 9.17) is 0 Å². The third kappa shape index (κ3) is 1.31. The molecule has 0 spiro atoms. The first-order chi connectivity index (χ1) is 7.49. The van der Waals surface area contributed by atoms with Crippen LogP contribution in [0.3, 0.4) is 0 Å². The lowest BCUT2D eigenvalue weighted by atomic mass is 10.1. The lowest BCUT2D eigenvalue weighted by Crippen LogP contribution is -2.29. The van der Waals surface area contributed by atoms with E-state index < -0.39 is 17.5 Å². The second-order valence-electron chi connectivity index (χ2n) is 3.57. The summed E-state index contributed by atoms with van der Waals surface area (Å²) in [4.78, 5) is 24.6. The number of carbonyl (C=O) groups excluding carboxylic acids is 2. The van der Waals surface area contributed by atoms with Gasteiger partial charge in [-0.15, -0.1) is 0 Å². The van der Waals surface area contributed by atoms with Crippen LogP contribution < -0.4 is 4.90 Å². The van der Waals surface area contributed by atoms with E-state index in [9.17, 15) is 14.0 Å². The van der Waals surface area contributed by atoms with Crippen molar-refractivity contribution in [2.24, 2.45) is 0 Å². The fourth-order valence-electron chi connectivity index (χ4n) is 1.91. The van der Waals surface area contributed by atoms with Gasteiger partial charge in [0, 0.05) is 6.54 Å². The number of carbonyl (C=O) groups is 2. The molecule has 1 heterocycles. The molecule has 0 aliphatic carbocycles. The average molecular weight is 286 g/mol. The van der Waals surface area contributed by atoms with Crippen LogP contribution in [-0.2, 0) is 4.79 Å². The van der Waals surface area contributed by atoms with Crippen LogP contribution in [0.5, 0.6) is 0 Å². The predicted molar refractivity (Wildman–Crippen MR) is 61.2 cm³/mol. The lowest BCUT2D eigenvalue weighted by molar-refractivity contribution is -0.114. The zero-order valence-corrected chi connectivity index (χ0v) is 10.4. The van der Waals surface area contributed by atoms with E-state index in [-0.39, 0.29) is 5.56 Å². The number of rotatable bonds is 1. The Balaban J connectivity index is 2.77. The summed E-state index contributed by atoms with van der Waals surface area (Å²) in [7, 11) is 0. The quantitative estimate of drug-likeness (QED) is 0.744. The van der Waals surface area contributed by atoms with Gasteiger partial charge in [0.25, 0.3) is 11.7 Å². The normalized spacial score (nSPS) is 14.6. The van der Waals surface area contributed by atoms with Gasteiger partial charge < -0.3 is 4.90 Å². The van der Waals surface area contributed by atoms with Crippen molar-refractivity contribution in [2.75, 3.05) is 11.4 Å². The van der Waals surface area contributed by atoms with Gasteiger partial charge in [0.05, 0.1) is 15.7 Å². The molecule has 5 heteroatoms. The zero-order chi connectivity index (χ0) is 12.0. The first-order valence-corrected chi connectivity index (χ1v) is 5.63. The number of hydrogen-bond donors (Lipinski definition) is 0. The Labute approximate surface area is 100 Å². The molecule has 0 atom stereocenters. The maximum atomic E-state index is 13.4. The van der Waals surface area contributed by atoms with Gasteiger partial charge in [-0.3, -0.25) is 9.59 Å². The molecule has 0 aromatic heterocycles. The molecule has 0 radical (unpaired) electrons. The smallest absolute Gasteiger partial charge is 0.299 e.